The molecule has 0 aliphatic heterocycles. The Hall–Kier alpha value is -1.06. The van der Waals surface area contributed by atoms with Gasteiger partial charge in [-0.15, -0.1) is 0 Å². The highest BCUT2D eigenvalue weighted by atomic mass is 16.5. The molecule has 0 aromatic rings. The minimum absolute atomic E-state index is 0. The van der Waals surface area contributed by atoms with E-state index in [0.717, 1.165) is 0 Å². The second-order valence-electron chi connectivity index (χ2n) is 2.11. The van der Waals surface area contributed by atoms with Crippen LogP contribution < -0.4 is 0 Å². The number of nitrogens with zero attached hydrogens (tertiary/aromatic N) is 1. The van der Waals surface area contributed by atoms with Gasteiger partial charge >= 0.3 is 5.97 Å². The highest BCUT2D eigenvalue weighted by molar-refractivity contribution is 5.72. The molecule has 0 spiro atoms. The average molecular weight is 193 g/mol. The van der Waals surface area contributed by atoms with Crippen LogP contribution in [-0.4, -0.2) is 38.0 Å². The van der Waals surface area contributed by atoms with Gasteiger partial charge in [0.1, 0.15) is 0 Å². The zero-order valence-corrected chi connectivity index (χ0v) is 7.67. The van der Waals surface area contributed by atoms with Gasteiger partial charge in [0.2, 0.25) is 5.91 Å². The van der Waals surface area contributed by atoms with Gasteiger partial charge < -0.3 is 9.64 Å². The first-order valence-corrected chi connectivity index (χ1v) is 3.14. The van der Waals surface area contributed by atoms with Crippen LogP contribution in [0, 0.1) is 0 Å². The maximum absolute atomic E-state index is 10.1. The van der Waals surface area contributed by atoms with E-state index in [9.17, 15) is 9.59 Å². The van der Waals surface area contributed by atoms with Crippen LogP contribution in [0.4, 0.5) is 0 Å². The highest BCUT2D eigenvalue weighted by Gasteiger charge is 1.87. The molecular weight excluding hydrogens is 170 g/mol. The fraction of sp³-hybridized carbons (Fsp3) is 0.778. The van der Waals surface area contributed by atoms with Crippen LogP contribution in [0.2, 0.25) is 0 Å². The second-order valence-corrected chi connectivity index (χ2v) is 2.11. The van der Waals surface area contributed by atoms with Crippen molar-refractivity contribution in [3.8, 4) is 0 Å². The van der Waals surface area contributed by atoms with Crippen molar-refractivity contribution in [1.82, 2.24) is 4.90 Å². The summed E-state index contributed by atoms with van der Waals surface area (Å²) in [6.45, 7) is 2.89. The van der Waals surface area contributed by atoms with Crippen LogP contribution >= 0.6 is 0 Å². The molecule has 0 unspecified atom stereocenters. The molecule has 0 rings (SSSR count). The first-order valence-electron chi connectivity index (χ1n) is 3.14. The van der Waals surface area contributed by atoms with E-state index in [4.69, 9.17) is 0 Å². The number of ether oxygens (including phenoxy) is 1. The van der Waals surface area contributed by atoms with E-state index in [-0.39, 0.29) is 26.7 Å². The molecule has 0 N–H and O–H groups in total. The quantitative estimate of drug-likeness (QED) is 0.548. The molecular formula is C9H23NO3. The molecule has 4 nitrogen and oxygen atoms in total. The van der Waals surface area contributed by atoms with Crippen LogP contribution in [-0.2, 0) is 14.3 Å². The number of carbonyl (C=O) groups excluding carboxylic acids is 2. The monoisotopic (exact) mass is 193 g/mol. The Labute approximate surface area is 81.9 Å². The van der Waals surface area contributed by atoms with Gasteiger partial charge in [-0.1, -0.05) is 14.9 Å². The maximum Gasteiger partial charge on any atom is 0.302 e. The fourth-order valence-electron chi connectivity index (χ4n) is 0. The molecule has 0 bridgehead atoms. The molecule has 0 saturated heterocycles. The molecule has 0 radical (unpaired) electrons. The number of hydrogen-bond acceptors (Lipinski definition) is 3. The van der Waals surface area contributed by atoms with Gasteiger partial charge in [-0.2, -0.15) is 0 Å². The minimum Gasteiger partial charge on any atom is -0.469 e. The number of methoxy groups -OCH3 is 1. The minimum atomic E-state index is -0.245. The molecule has 0 heterocycles. The van der Waals surface area contributed by atoms with Gasteiger partial charge in [0.05, 0.1) is 7.11 Å². The average Bonchev–Trinajstić information content (AvgIpc) is 1.89. The van der Waals surface area contributed by atoms with E-state index in [1.165, 1.54) is 25.9 Å². The van der Waals surface area contributed by atoms with Crippen LogP contribution in [0.15, 0.2) is 0 Å². The van der Waals surface area contributed by atoms with Crippen molar-refractivity contribution in [2.45, 2.75) is 28.7 Å². The number of amides is 1. The van der Waals surface area contributed by atoms with Crippen molar-refractivity contribution in [3.63, 3.8) is 0 Å². The van der Waals surface area contributed by atoms with Crippen molar-refractivity contribution in [2.24, 2.45) is 0 Å². The lowest BCUT2D eigenvalue weighted by atomic mass is 10.7. The lowest BCUT2D eigenvalue weighted by Crippen LogP contribution is -2.17. The van der Waals surface area contributed by atoms with Gasteiger partial charge in [0.25, 0.3) is 0 Å². The Balaban J connectivity index is -0.0000000546. The molecule has 13 heavy (non-hydrogen) atoms. The molecule has 1 amide bonds. The summed E-state index contributed by atoms with van der Waals surface area (Å²) in [5, 5.41) is 0. The third-order valence-electron chi connectivity index (χ3n) is 0.917. The lowest BCUT2D eigenvalue weighted by Gasteiger charge is -2.02. The summed E-state index contributed by atoms with van der Waals surface area (Å²) in [5.41, 5.74) is 0. The molecule has 0 aliphatic carbocycles. The summed E-state index contributed by atoms with van der Waals surface area (Å²) in [6, 6.07) is 0. The van der Waals surface area contributed by atoms with Crippen molar-refractivity contribution >= 4 is 11.9 Å². The molecule has 0 atom stereocenters. The zero-order chi connectivity index (χ0) is 9.44. The van der Waals surface area contributed by atoms with Crippen molar-refractivity contribution in [2.75, 3.05) is 21.2 Å². The first-order chi connectivity index (χ1) is 4.91. The van der Waals surface area contributed by atoms with Gasteiger partial charge in [-0.05, 0) is 0 Å². The van der Waals surface area contributed by atoms with Crippen LogP contribution in [0.1, 0.15) is 28.7 Å². The molecule has 0 fully saturated rings. The predicted molar refractivity (Wildman–Crippen MR) is 55.5 cm³/mol. The van der Waals surface area contributed by atoms with Crippen LogP contribution in [0.25, 0.3) is 0 Å². The summed E-state index contributed by atoms with van der Waals surface area (Å²) in [7, 11) is 4.80. The van der Waals surface area contributed by atoms with Crippen molar-refractivity contribution in [3.05, 3.63) is 0 Å². The number of carbonyl (C=O) groups is 2. The third kappa shape index (κ3) is 35.8. The molecule has 0 saturated carbocycles. The standard InChI is InChI=1S/C4H9NO.C3H6O2.2CH4/c1-4(6)5(2)3;1-3(4)5-2;;/h1-3H3;1-2H3;2*1H4. The van der Waals surface area contributed by atoms with E-state index in [0.29, 0.717) is 0 Å². The summed E-state index contributed by atoms with van der Waals surface area (Å²) < 4.78 is 4.11. The van der Waals surface area contributed by atoms with E-state index < -0.39 is 0 Å². The topological polar surface area (TPSA) is 46.6 Å². The molecule has 0 aromatic carbocycles. The highest BCUT2D eigenvalue weighted by Crippen LogP contribution is 1.69. The summed E-state index contributed by atoms with van der Waals surface area (Å²) in [5.74, 6) is -0.153. The molecule has 0 aliphatic rings. The Kier molecular flexibility index (Phi) is 23.6. The number of rotatable bonds is 0. The van der Waals surface area contributed by atoms with Crippen molar-refractivity contribution in [1.29, 1.82) is 0 Å². The maximum atomic E-state index is 10.1. The summed E-state index contributed by atoms with van der Waals surface area (Å²) >= 11 is 0. The summed E-state index contributed by atoms with van der Waals surface area (Å²) in [6.07, 6.45) is 0. The van der Waals surface area contributed by atoms with E-state index in [1.54, 1.807) is 14.1 Å². The van der Waals surface area contributed by atoms with E-state index in [2.05, 4.69) is 4.74 Å². The van der Waals surface area contributed by atoms with Crippen LogP contribution in [0.3, 0.4) is 0 Å². The zero-order valence-electron chi connectivity index (χ0n) is 7.67. The largest absolute Gasteiger partial charge is 0.469 e. The van der Waals surface area contributed by atoms with Gasteiger partial charge in [0.15, 0.2) is 0 Å². The fourth-order valence-corrected chi connectivity index (χ4v) is 0. The van der Waals surface area contributed by atoms with Gasteiger partial charge in [-0.3, -0.25) is 9.59 Å². The first kappa shape index (κ1) is 22.7. The smallest absolute Gasteiger partial charge is 0.302 e. The predicted octanol–water partition coefficient (Wildman–Crippen LogP) is 1.55. The Bertz CT molecular complexity index is 133. The van der Waals surface area contributed by atoms with Crippen molar-refractivity contribution < 1.29 is 14.3 Å². The lowest BCUT2D eigenvalue weighted by molar-refractivity contribution is -0.138. The van der Waals surface area contributed by atoms with E-state index >= 15 is 0 Å². The normalized spacial score (nSPS) is 6.23. The van der Waals surface area contributed by atoms with Gasteiger partial charge in [0, 0.05) is 27.9 Å². The third-order valence-corrected chi connectivity index (χ3v) is 0.917. The molecule has 4 heteroatoms. The Morgan fingerprint density at radius 1 is 1.08 bits per heavy atom. The SMILES string of the molecule is C.C.CC(=O)N(C)C.COC(C)=O. The Morgan fingerprint density at radius 2 is 1.23 bits per heavy atom. The van der Waals surface area contributed by atoms with Gasteiger partial charge in [-0.25, -0.2) is 0 Å². The van der Waals surface area contributed by atoms with Crippen LogP contribution in [0.5, 0.6) is 0 Å². The second kappa shape index (κ2) is 13.5. The van der Waals surface area contributed by atoms with E-state index in [1.807, 2.05) is 0 Å². The summed E-state index contributed by atoms with van der Waals surface area (Å²) in [4.78, 5) is 21.2. The Morgan fingerprint density at radius 3 is 1.23 bits per heavy atom. The number of esters is 1. The number of hydrogen-bond donors (Lipinski definition) is 0. The molecule has 0 aromatic heterocycles. The molecule has 82 valence electrons.